The van der Waals surface area contributed by atoms with Gasteiger partial charge in [-0.3, -0.25) is 9.59 Å². The molecule has 0 spiro atoms. The minimum absolute atomic E-state index is 0.0671. The molecule has 0 aromatic heterocycles. The summed E-state index contributed by atoms with van der Waals surface area (Å²) in [6.07, 6.45) is 1.69. The van der Waals surface area contributed by atoms with E-state index in [0.717, 1.165) is 5.56 Å². The van der Waals surface area contributed by atoms with E-state index < -0.39 is 5.97 Å². The monoisotopic (exact) mass is 339 g/mol. The lowest BCUT2D eigenvalue weighted by Crippen LogP contribution is -2.32. The minimum Gasteiger partial charge on any atom is -0.481 e. The van der Waals surface area contributed by atoms with Gasteiger partial charge in [0.15, 0.2) is 0 Å². The van der Waals surface area contributed by atoms with E-state index >= 15 is 0 Å². The number of carbonyl (C=O) groups excluding carboxylic acids is 1. The highest BCUT2D eigenvalue weighted by atomic mass is 16.4. The second-order valence-electron chi connectivity index (χ2n) is 6.22. The Kier molecular flexibility index (Phi) is 7.20. The van der Waals surface area contributed by atoms with E-state index in [1.165, 1.54) is 11.1 Å². The molecule has 0 heterocycles. The molecule has 0 fully saturated rings. The molecular weight excluding hydrogens is 314 g/mol. The van der Waals surface area contributed by atoms with Crippen molar-refractivity contribution in [2.45, 2.75) is 39.2 Å². The molecule has 1 N–H and O–H groups in total. The molecule has 132 valence electrons. The van der Waals surface area contributed by atoms with Crippen molar-refractivity contribution < 1.29 is 14.7 Å². The van der Waals surface area contributed by atoms with E-state index in [1.54, 1.807) is 4.90 Å². The summed E-state index contributed by atoms with van der Waals surface area (Å²) in [5, 5.41) is 8.83. The van der Waals surface area contributed by atoms with Gasteiger partial charge in [-0.2, -0.15) is 0 Å². The van der Waals surface area contributed by atoms with Gasteiger partial charge in [0.05, 0.1) is 0 Å². The van der Waals surface area contributed by atoms with Crippen molar-refractivity contribution in [1.29, 1.82) is 0 Å². The molecule has 0 saturated carbocycles. The summed E-state index contributed by atoms with van der Waals surface area (Å²) < 4.78 is 0. The fourth-order valence-electron chi connectivity index (χ4n) is 2.81. The van der Waals surface area contributed by atoms with Crippen molar-refractivity contribution in [3.63, 3.8) is 0 Å². The topological polar surface area (TPSA) is 57.6 Å². The molecule has 25 heavy (non-hydrogen) atoms. The van der Waals surface area contributed by atoms with E-state index in [1.807, 2.05) is 42.5 Å². The summed E-state index contributed by atoms with van der Waals surface area (Å²) in [4.78, 5) is 25.2. The molecule has 0 aliphatic rings. The van der Waals surface area contributed by atoms with Gasteiger partial charge in [-0.15, -0.1) is 0 Å². The van der Waals surface area contributed by atoms with Crippen molar-refractivity contribution in [2.75, 3.05) is 6.54 Å². The first-order valence-electron chi connectivity index (χ1n) is 8.64. The van der Waals surface area contributed by atoms with Crippen molar-refractivity contribution >= 4 is 11.9 Å². The van der Waals surface area contributed by atoms with Gasteiger partial charge in [0.25, 0.3) is 0 Å². The smallest absolute Gasteiger partial charge is 0.303 e. The van der Waals surface area contributed by atoms with Gasteiger partial charge in [-0.25, -0.2) is 0 Å². The normalized spacial score (nSPS) is 10.4. The fourth-order valence-corrected chi connectivity index (χ4v) is 2.81. The number of nitrogens with zero attached hydrogens (tertiary/aromatic N) is 1. The van der Waals surface area contributed by atoms with E-state index in [2.05, 4.69) is 19.1 Å². The molecule has 2 aromatic carbocycles. The Balaban J connectivity index is 1.98. The Morgan fingerprint density at radius 2 is 1.64 bits per heavy atom. The molecule has 2 aromatic rings. The Morgan fingerprint density at radius 3 is 2.32 bits per heavy atom. The van der Waals surface area contributed by atoms with E-state index in [4.69, 9.17) is 5.11 Å². The zero-order valence-corrected chi connectivity index (χ0v) is 14.6. The van der Waals surface area contributed by atoms with Crippen LogP contribution in [0.2, 0.25) is 0 Å². The van der Waals surface area contributed by atoms with Crippen LogP contribution in [0.15, 0.2) is 54.6 Å². The maximum Gasteiger partial charge on any atom is 0.303 e. The number of aryl methyl sites for hydroxylation is 2. The van der Waals surface area contributed by atoms with Gasteiger partial charge in [-0.1, -0.05) is 54.6 Å². The fraction of sp³-hybridized carbons (Fsp3) is 0.333. The van der Waals surface area contributed by atoms with Gasteiger partial charge in [-0.05, 0) is 36.5 Å². The van der Waals surface area contributed by atoms with Crippen LogP contribution in [0, 0.1) is 6.92 Å². The lowest BCUT2D eigenvalue weighted by molar-refractivity contribution is -0.138. The summed E-state index contributed by atoms with van der Waals surface area (Å²) in [7, 11) is 0. The molecule has 0 atom stereocenters. The molecule has 4 nitrogen and oxygen atoms in total. The van der Waals surface area contributed by atoms with Crippen LogP contribution in [-0.2, 0) is 22.6 Å². The number of aliphatic carboxylic acids is 1. The summed E-state index contributed by atoms with van der Waals surface area (Å²) in [6.45, 7) is 3.04. The van der Waals surface area contributed by atoms with Crippen LogP contribution < -0.4 is 0 Å². The Morgan fingerprint density at radius 1 is 0.960 bits per heavy atom. The summed E-state index contributed by atoms with van der Waals surface area (Å²) in [5.41, 5.74) is 3.43. The summed E-state index contributed by atoms with van der Waals surface area (Å²) >= 11 is 0. The van der Waals surface area contributed by atoms with Gasteiger partial charge in [0.1, 0.15) is 0 Å². The number of benzene rings is 2. The molecule has 0 saturated heterocycles. The molecule has 0 bridgehead atoms. The SMILES string of the molecule is Cc1ccccc1CCC(=O)N(CCCC(=O)O)Cc1ccccc1. The number of carboxylic acid groups (broad SMARTS) is 1. The van der Waals surface area contributed by atoms with E-state index in [-0.39, 0.29) is 12.3 Å². The second kappa shape index (κ2) is 9.62. The van der Waals surface area contributed by atoms with Crippen LogP contribution in [0.3, 0.4) is 0 Å². The predicted octanol–water partition coefficient (Wildman–Crippen LogP) is 3.82. The maximum atomic E-state index is 12.7. The Bertz CT molecular complexity index is 697. The van der Waals surface area contributed by atoms with Crippen LogP contribution in [0.4, 0.5) is 0 Å². The van der Waals surface area contributed by atoms with Crippen molar-refractivity contribution in [3.8, 4) is 0 Å². The highest BCUT2D eigenvalue weighted by Gasteiger charge is 2.15. The van der Waals surface area contributed by atoms with Gasteiger partial charge < -0.3 is 10.0 Å². The number of hydrogen-bond donors (Lipinski definition) is 1. The van der Waals surface area contributed by atoms with Gasteiger partial charge >= 0.3 is 5.97 Å². The Labute approximate surface area is 149 Å². The molecule has 4 heteroatoms. The first-order chi connectivity index (χ1) is 12.1. The summed E-state index contributed by atoms with van der Waals surface area (Å²) in [5.74, 6) is -0.760. The quantitative estimate of drug-likeness (QED) is 0.755. The molecule has 2 rings (SSSR count). The van der Waals surface area contributed by atoms with Crippen molar-refractivity contribution in [2.24, 2.45) is 0 Å². The van der Waals surface area contributed by atoms with Crippen LogP contribution in [0.25, 0.3) is 0 Å². The molecular formula is C21H25NO3. The van der Waals surface area contributed by atoms with Crippen LogP contribution >= 0.6 is 0 Å². The minimum atomic E-state index is -0.827. The first-order valence-corrected chi connectivity index (χ1v) is 8.64. The van der Waals surface area contributed by atoms with Crippen LogP contribution in [0.1, 0.15) is 36.0 Å². The summed E-state index contributed by atoms with van der Waals surface area (Å²) in [6, 6.07) is 17.9. The number of hydrogen-bond acceptors (Lipinski definition) is 2. The second-order valence-corrected chi connectivity index (χ2v) is 6.22. The molecule has 0 radical (unpaired) electrons. The molecule has 0 aliphatic heterocycles. The number of carbonyl (C=O) groups is 2. The van der Waals surface area contributed by atoms with Crippen molar-refractivity contribution in [1.82, 2.24) is 4.90 Å². The number of rotatable bonds is 9. The van der Waals surface area contributed by atoms with Gasteiger partial charge in [0.2, 0.25) is 5.91 Å². The zero-order valence-electron chi connectivity index (χ0n) is 14.6. The van der Waals surface area contributed by atoms with E-state index in [0.29, 0.717) is 32.4 Å². The van der Waals surface area contributed by atoms with Crippen LogP contribution in [0.5, 0.6) is 0 Å². The highest BCUT2D eigenvalue weighted by Crippen LogP contribution is 2.13. The third kappa shape index (κ3) is 6.42. The largest absolute Gasteiger partial charge is 0.481 e. The van der Waals surface area contributed by atoms with Crippen LogP contribution in [-0.4, -0.2) is 28.4 Å². The molecule has 1 amide bonds. The average molecular weight is 339 g/mol. The zero-order chi connectivity index (χ0) is 18.1. The number of amides is 1. The molecule has 0 aliphatic carbocycles. The maximum absolute atomic E-state index is 12.7. The lowest BCUT2D eigenvalue weighted by Gasteiger charge is -2.23. The Hall–Kier alpha value is -2.62. The lowest BCUT2D eigenvalue weighted by atomic mass is 10.0. The average Bonchev–Trinajstić information content (AvgIpc) is 2.60. The highest BCUT2D eigenvalue weighted by molar-refractivity contribution is 5.76. The van der Waals surface area contributed by atoms with Gasteiger partial charge in [0, 0.05) is 25.9 Å². The van der Waals surface area contributed by atoms with E-state index in [9.17, 15) is 9.59 Å². The predicted molar refractivity (Wildman–Crippen MR) is 98.2 cm³/mol. The first kappa shape index (κ1) is 18.7. The molecule has 0 unspecified atom stereocenters. The standard InChI is InChI=1S/C21H25NO3/c1-17-8-5-6-11-19(17)13-14-20(23)22(15-7-12-21(24)25)16-18-9-3-2-4-10-18/h2-6,8-11H,7,12-16H2,1H3,(H,24,25). The number of carboxylic acids is 1. The third-order valence-corrected chi connectivity index (χ3v) is 4.26. The van der Waals surface area contributed by atoms with Crippen molar-refractivity contribution in [3.05, 3.63) is 71.3 Å². The third-order valence-electron chi connectivity index (χ3n) is 4.26.